The maximum atomic E-state index is 13.6. The van der Waals surface area contributed by atoms with Crippen LogP contribution in [0.25, 0.3) is 11.0 Å². The van der Waals surface area contributed by atoms with Gasteiger partial charge in [-0.1, -0.05) is 12.8 Å². The van der Waals surface area contributed by atoms with E-state index in [0.717, 1.165) is 25.0 Å². The molecule has 1 saturated carbocycles. The molecule has 1 aliphatic rings. The molecule has 20 heavy (non-hydrogen) atoms. The van der Waals surface area contributed by atoms with Crippen LogP contribution >= 0.6 is 0 Å². The SMILES string of the molecule is O=C(O)C1(Cc2nc3c(F)cc(F)cc3[nH]2)CCCC1. The van der Waals surface area contributed by atoms with Crippen molar-refractivity contribution in [3.05, 3.63) is 29.6 Å². The Morgan fingerprint density at radius 2 is 2.05 bits per heavy atom. The van der Waals surface area contributed by atoms with Gasteiger partial charge in [0.15, 0.2) is 5.82 Å². The van der Waals surface area contributed by atoms with Gasteiger partial charge < -0.3 is 10.1 Å². The molecule has 1 fully saturated rings. The Kier molecular flexibility index (Phi) is 2.96. The Labute approximate surface area is 113 Å². The lowest BCUT2D eigenvalue weighted by Crippen LogP contribution is -2.30. The van der Waals surface area contributed by atoms with E-state index in [4.69, 9.17) is 0 Å². The van der Waals surface area contributed by atoms with Crippen molar-refractivity contribution < 1.29 is 18.7 Å². The van der Waals surface area contributed by atoms with Gasteiger partial charge in [0.05, 0.1) is 10.9 Å². The number of aromatic amines is 1. The monoisotopic (exact) mass is 280 g/mol. The first-order valence-electron chi connectivity index (χ1n) is 6.57. The summed E-state index contributed by atoms with van der Waals surface area (Å²) in [6, 6.07) is 1.94. The van der Waals surface area contributed by atoms with Gasteiger partial charge in [-0.05, 0) is 18.9 Å². The number of carboxylic acid groups (broad SMARTS) is 1. The Hall–Kier alpha value is -1.98. The number of hydrogen-bond donors (Lipinski definition) is 2. The van der Waals surface area contributed by atoms with Gasteiger partial charge in [0.2, 0.25) is 0 Å². The first kappa shape index (κ1) is 13.0. The van der Waals surface area contributed by atoms with Crippen LogP contribution in [0.5, 0.6) is 0 Å². The summed E-state index contributed by atoms with van der Waals surface area (Å²) in [4.78, 5) is 18.4. The van der Waals surface area contributed by atoms with Crippen molar-refractivity contribution in [1.82, 2.24) is 9.97 Å². The van der Waals surface area contributed by atoms with Crippen molar-refractivity contribution in [2.24, 2.45) is 5.41 Å². The molecule has 0 spiro atoms. The van der Waals surface area contributed by atoms with Gasteiger partial charge in [0.25, 0.3) is 0 Å². The number of benzene rings is 1. The summed E-state index contributed by atoms with van der Waals surface area (Å²) >= 11 is 0. The normalized spacial score (nSPS) is 17.7. The van der Waals surface area contributed by atoms with Crippen LogP contribution in [0, 0.1) is 17.0 Å². The van der Waals surface area contributed by atoms with Crippen molar-refractivity contribution >= 4 is 17.0 Å². The zero-order valence-electron chi connectivity index (χ0n) is 10.7. The van der Waals surface area contributed by atoms with Crippen molar-refractivity contribution in [2.45, 2.75) is 32.1 Å². The van der Waals surface area contributed by atoms with E-state index in [9.17, 15) is 18.7 Å². The van der Waals surface area contributed by atoms with E-state index in [1.165, 1.54) is 0 Å². The first-order valence-corrected chi connectivity index (χ1v) is 6.57. The fourth-order valence-electron chi connectivity index (χ4n) is 3.02. The van der Waals surface area contributed by atoms with Crippen molar-refractivity contribution in [2.75, 3.05) is 0 Å². The first-order chi connectivity index (χ1) is 9.50. The van der Waals surface area contributed by atoms with Crippen LogP contribution in [0.1, 0.15) is 31.5 Å². The Bertz CT molecular complexity index is 675. The second kappa shape index (κ2) is 4.54. The topological polar surface area (TPSA) is 66.0 Å². The average molecular weight is 280 g/mol. The van der Waals surface area contributed by atoms with E-state index in [1.807, 2.05) is 0 Å². The number of nitrogens with zero attached hydrogens (tertiary/aromatic N) is 1. The molecule has 0 bridgehead atoms. The molecule has 3 rings (SSSR count). The molecule has 2 aromatic rings. The minimum Gasteiger partial charge on any atom is -0.481 e. The van der Waals surface area contributed by atoms with Gasteiger partial charge in [0.1, 0.15) is 17.2 Å². The van der Waals surface area contributed by atoms with Crippen molar-refractivity contribution in [3.8, 4) is 0 Å². The molecule has 0 atom stereocenters. The highest BCUT2D eigenvalue weighted by molar-refractivity contribution is 5.77. The highest BCUT2D eigenvalue weighted by Gasteiger charge is 2.42. The number of imidazole rings is 1. The molecule has 0 radical (unpaired) electrons. The lowest BCUT2D eigenvalue weighted by molar-refractivity contribution is -0.148. The third kappa shape index (κ3) is 2.05. The summed E-state index contributed by atoms with van der Waals surface area (Å²) in [5, 5.41) is 9.42. The molecule has 6 heteroatoms. The predicted octanol–water partition coefficient (Wildman–Crippen LogP) is 3.03. The van der Waals surface area contributed by atoms with Gasteiger partial charge in [0, 0.05) is 12.5 Å². The van der Waals surface area contributed by atoms with Crippen LogP contribution in [-0.4, -0.2) is 21.0 Å². The molecule has 1 aliphatic carbocycles. The van der Waals surface area contributed by atoms with Crippen LogP contribution < -0.4 is 0 Å². The zero-order chi connectivity index (χ0) is 14.3. The number of halogens is 2. The van der Waals surface area contributed by atoms with E-state index in [2.05, 4.69) is 9.97 Å². The second-order valence-electron chi connectivity index (χ2n) is 5.44. The summed E-state index contributed by atoms with van der Waals surface area (Å²) in [5.74, 6) is -1.87. The molecule has 1 aromatic carbocycles. The van der Waals surface area contributed by atoms with Crippen molar-refractivity contribution in [3.63, 3.8) is 0 Å². The minimum atomic E-state index is -0.845. The standard InChI is InChI=1S/C14H14F2N2O2/c15-8-5-9(16)12-10(6-8)17-11(18-12)7-14(13(19)20)3-1-2-4-14/h5-6H,1-4,7H2,(H,17,18)(H,19,20). The fraction of sp³-hybridized carbons (Fsp3) is 0.429. The lowest BCUT2D eigenvalue weighted by atomic mass is 9.82. The Morgan fingerprint density at radius 1 is 1.35 bits per heavy atom. The number of rotatable bonds is 3. The number of aromatic nitrogens is 2. The molecule has 1 heterocycles. The summed E-state index contributed by atoms with van der Waals surface area (Å²) in [5.41, 5.74) is -0.515. The Balaban J connectivity index is 1.98. The van der Waals surface area contributed by atoms with E-state index >= 15 is 0 Å². The molecule has 0 saturated heterocycles. The largest absolute Gasteiger partial charge is 0.481 e. The number of aliphatic carboxylic acids is 1. The summed E-state index contributed by atoms with van der Waals surface area (Å²) < 4.78 is 26.7. The third-order valence-corrected chi connectivity index (χ3v) is 4.07. The van der Waals surface area contributed by atoms with Crippen LogP contribution in [0.2, 0.25) is 0 Å². The molecule has 0 amide bonds. The zero-order valence-corrected chi connectivity index (χ0v) is 10.7. The highest BCUT2D eigenvalue weighted by atomic mass is 19.1. The number of carboxylic acids is 1. The molecular weight excluding hydrogens is 266 g/mol. The third-order valence-electron chi connectivity index (χ3n) is 4.07. The van der Waals surface area contributed by atoms with Gasteiger partial charge in [-0.25, -0.2) is 13.8 Å². The molecule has 2 N–H and O–H groups in total. The van der Waals surface area contributed by atoms with Crippen LogP contribution in [0.3, 0.4) is 0 Å². The van der Waals surface area contributed by atoms with Gasteiger partial charge in [-0.3, -0.25) is 4.79 Å². The highest BCUT2D eigenvalue weighted by Crippen LogP contribution is 2.41. The maximum Gasteiger partial charge on any atom is 0.310 e. The molecule has 106 valence electrons. The van der Waals surface area contributed by atoms with E-state index < -0.39 is 23.0 Å². The molecule has 0 unspecified atom stereocenters. The Morgan fingerprint density at radius 3 is 2.70 bits per heavy atom. The number of carbonyl (C=O) groups is 1. The van der Waals surface area contributed by atoms with Crippen LogP contribution in [0.4, 0.5) is 8.78 Å². The molecular formula is C14H14F2N2O2. The lowest BCUT2D eigenvalue weighted by Gasteiger charge is -2.22. The number of hydrogen-bond acceptors (Lipinski definition) is 2. The molecule has 0 aliphatic heterocycles. The number of nitrogens with one attached hydrogen (secondary N) is 1. The quantitative estimate of drug-likeness (QED) is 0.908. The molecule has 1 aromatic heterocycles. The smallest absolute Gasteiger partial charge is 0.310 e. The summed E-state index contributed by atoms with van der Waals surface area (Å²) in [6.07, 6.45) is 3.15. The predicted molar refractivity (Wildman–Crippen MR) is 68.3 cm³/mol. The number of fused-ring (bicyclic) bond motifs is 1. The fourth-order valence-corrected chi connectivity index (χ4v) is 3.02. The van der Waals surface area contributed by atoms with Gasteiger partial charge in [-0.15, -0.1) is 0 Å². The summed E-state index contributed by atoms with van der Waals surface area (Å²) in [7, 11) is 0. The van der Waals surface area contributed by atoms with Gasteiger partial charge >= 0.3 is 5.97 Å². The van der Waals surface area contributed by atoms with Crippen molar-refractivity contribution in [1.29, 1.82) is 0 Å². The van der Waals surface area contributed by atoms with E-state index in [1.54, 1.807) is 0 Å². The van der Waals surface area contributed by atoms with E-state index in [-0.39, 0.29) is 17.5 Å². The van der Waals surface area contributed by atoms with E-state index in [0.29, 0.717) is 18.7 Å². The van der Waals surface area contributed by atoms with Gasteiger partial charge in [-0.2, -0.15) is 0 Å². The minimum absolute atomic E-state index is 0.0555. The average Bonchev–Trinajstić information content (AvgIpc) is 2.97. The summed E-state index contributed by atoms with van der Waals surface area (Å²) in [6.45, 7) is 0. The second-order valence-corrected chi connectivity index (χ2v) is 5.44. The molecule has 4 nitrogen and oxygen atoms in total. The van der Waals surface area contributed by atoms with Crippen LogP contribution in [-0.2, 0) is 11.2 Å². The maximum absolute atomic E-state index is 13.6. The number of H-pyrrole nitrogens is 1. The van der Waals surface area contributed by atoms with Crippen LogP contribution in [0.15, 0.2) is 12.1 Å².